The molecule has 0 saturated carbocycles. The van der Waals surface area contributed by atoms with Gasteiger partial charge in [0.25, 0.3) is 0 Å². The van der Waals surface area contributed by atoms with Gasteiger partial charge < -0.3 is 15.2 Å². The van der Waals surface area contributed by atoms with Crippen LogP contribution in [0.2, 0.25) is 0 Å². The molecule has 0 saturated heterocycles. The summed E-state index contributed by atoms with van der Waals surface area (Å²) in [5.74, 6) is 0.386. The average Bonchev–Trinajstić information content (AvgIpc) is 2.33. The second-order valence-corrected chi connectivity index (χ2v) is 3.40. The fourth-order valence-corrected chi connectivity index (χ4v) is 1.21. The number of hydrogen-bond donors (Lipinski definition) is 1. The molecule has 0 fully saturated rings. The van der Waals surface area contributed by atoms with E-state index in [1.807, 2.05) is 0 Å². The van der Waals surface area contributed by atoms with Gasteiger partial charge in [0.15, 0.2) is 0 Å². The Balaban J connectivity index is 2.04. The quantitative estimate of drug-likeness (QED) is 0.929. The highest BCUT2D eigenvalue weighted by Gasteiger charge is 2.30. The lowest BCUT2D eigenvalue weighted by atomic mass is 10.3. The highest BCUT2D eigenvalue weighted by atomic mass is 19.4. The van der Waals surface area contributed by atoms with E-state index < -0.39 is 6.36 Å². The van der Waals surface area contributed by atoms with Gasteiger partial charge >= 0.3 is 6.36 Å². The number of rotatable bonds is 3. The standard InChI is InChI=1S/C11H8F3N3O2/c12-11(13,14)19-8-3-1-7(2-4-8)18-10-6-16-9(15)5-17-10/h1-6H,(H2,15,16). The van der Waals surface area contributed by atoms with Crippen molar-refractivity contribution in [2.75, 3.05) is 5.73 Å². The highest BCUT2D eigenvalue weighted by Crippen LogP contribution is 2.26. The number of nitrogen functional groups attached to an aromatic ring is 1. The summed E-state index contributed by atoms with van der Waals surface area (Å²) >= 11 is 0. The minimum absolute atomic E-state index is 0.179. The van der Waals surface area contributed by atoms with Crippen LogP contribution in [0.5, 0.6) is 17.4 Å². The Morgan fingerprint density at radius 1 is 0.947 bits per heavy atom. The molecule has 0 bridgehead atoms. The average molecular weight is 271 g/mol. The molecular weight excluding hydrogens is 263 g/mol. The molecule has 19 heavy (non-hydrogen) atoms. The Morgan fingerprint density at radius 2 is 1.58 bits per heavy atom. The van der Waals surface area contributed by atoms with Crippen LogP contribution in [0.3, 0.4) is 0 Å². The Hall–Kier alpha value is -2.51. The van der Waals surface area contributed by atoms with Crippen LogP contribution < -0.4 is 15.2 Å². The lowest BCUT2D eigenvalue weighted by Crippen LogP contribution is -2.16. The summed E-state index contributed by atoms with van der Waals surface area (Å²) in [7, 11) is 0. The highest BCUT2D eigenvalue weighted by molar-refractivity contribution is 5.34. The van der Waals surface area contributed by atoms with Gasteiger partial charge in [-0.25, -0.2) is 9.97 Å². The summed E-state index contributed by atoms with van der Waals surface area (Å²) in [4.78, 5) is 7.59. The maximum atomic E-state index is 11.9. The molecule has 0 radical (unpaired) electrons. The molecule has 0 atom stereocenters. The number of anilines is 1. The normalized spacial score (nSPS) is 11.1. The van der Waals surface area contributed by atoms with E-state index in [4.69, 9.17) is 10.5 Å². The van der Waals surface area contributed by atoms with Crippen molar-refractivity contribution in [2.24, 2.45) is 0 Å². The number of hydrogen-bond acceptors (Lipinski definition) is 5. The predicted molar refractivity (Wildman–Crippen MR) is 59.6 cm³/mol. The molecule has 1 aromatic heterocycles. The molecule has 2 aromatic rings. The molecule has 2 rings (SSSR count). The van der Waals surface area contributed by atoms with Gasteiger partial charge in [-0.2, -0.15) is 0 Å². The van der Waals surface area contributed by atoms with Gasteiger partial charge in [-0.3, -0.25) is 0 Å². The number of aromatic nitrogens is 2. The fourth-order valence-electron chi connectivity index (χ4n) is 1.21. The molecule has 2 N–H and O–H groups in total. The number of nitrogens with two attached hydrogens (primary N) is 1. The van der Waals surface area contributed by atoms with Gasteiger partial charge in [-0.15, -0.1) is 13.2 Å². The molecule has 1 heterocycles. The zero-order chi connectivity index (χ0) is 13.9. The molecule has 0 aliphatic carbocycles. The SMILES string of the molecule is Nc1cnc(Oc2ccc(OC(F)(F)F)cc2)cn1. The van der Waals surface area contributed by atoms with Gasteiger partial charge in [0, 0.05) is 0 Å². The predicted octanol–water partition coefficient (Wildman–Crippen LogP) is 2.75. The van der Waals surface area contributed by atoms with Crippen molar-refractivity contribution < 1.29 is 22.6 Å². The molecule has 0 spiro atoms. The van der Waals surface area contributed by atoms with E-state index in [0.29, 0.717) is 5.75 Å². The van der Waals surface area contributed by atoms with E-state index in [-0.39, 0.29) is 17.4 Å². The van der Waals surface area contributed by atoms with Crippen LogP contribution in [-0.2, 0) is 0 Å². The van der Waals surface area contributed by atoms with Crippen LogP contribution in [0.15, 0.2) is 36.7 Å². The fraction of sp³-hybridized carbons (Fsp3) is 0.0909. The van der Waals surface area contributed by atoms with Gasteiger partial charge in [0.1, 0.15) is 17.3 Å². The molecule has 0 unspecified atom stereocenters. The van der Waals surface area contributed by atoms with Gasteiger partial charge in [0.05, 0.1) is 12.4 Å². The zero-order valence-electron chi connectivity index (χ0n) is 9.39. The first kappa shape index (κ1) is 12.9. The van der Waals surface area contributed by atoms with Crippen molar-refractivity contribution in [1.29, 1.82) is 0 Å². The van der Waals surface area contributed by atoms with E-state index in [1.165, 1.54) is 24.5 Å². The van der Waals surface area contributed by atoms with Crippen LogP contribution in [0.25, 0.3) is 0 Å². The number of halogens is 3. The second-order valence-electron chi connectivity index (χ2n) is 3.40. The Kier molecular flexibility index (Phi) is 3.41. The van der Waals surface area contributed by atoms with Crippen molar-refractivity contribution in [3.8, 4) is 17.4 Å². The van der Waals surface area contributed by atoms with E-state index >= 15 is 0 Å². The minimum atomic E-state index is -4.72. The molecule has 100 valence electrons. The molecule has 8 heteroatoms. The van der Waals surface area contributed by atoms with Gasteiger partial charge in [-0.05, 0) is 24.3 Å². The van der Waals surface area contributed by atoms with E-state index in [0.717, 1.165) is 12.1 Å². The molecule has 1 aromatic carbocycles. The number of ether oxygens (including phenoxy) is 2. The van der Waals surface area contributed by atoms with Crippen molar-refractivity contribution in [1.82, 2.24) is 9.97 Å². The second kappa shape index (κ2) is 5.01. The lowest BCUT2D eigenvalue weighted by molar-refractivity contribution is -0.274. The third-order valence-corrected chi connectivity index (χ3v) is 1.93. The Labute approximate surface area is 105 Å². The molecule has 5 nitrogen and oxygen atoms in total. The Bertz CT molecular complexity index is 541. The number of benzene rings is 1. The van der Waals surface area contributed by atoms with Crippen molar-refractivity contribution in [3.05, 3.63) is 36.7 Å². The van der Waals surface area contributed by atoms with E-state index in [9.17, 15) is 13.2 Å². The van der Waals surface area contributed by atoms with Crippen molar-refractivity contribution in [2.45, 2.75) is 6.36 Å². The van der Waals surface area contributed by atoms with Gasteiger partial charge in [0.2, 0.25) is 5.88 Å². The summed E-state index contributed by atoms with van der Waals surface area (Å²) in [6.45, 7) is 0. The van der Waals surface area contributed by atoms with E-state index in [2.05, 4.69) is 14.7 Å². The Morgan fingerprint density at radius 3 is 2.11 bits per heavy atom. The van der Waals surface area contributed by atoms with Crippen LogP contribution in [-0.4, -0.2) is 16.3 Å². The van der Waals surface area contributed by atoms with Crippen LogP contribution in [0.1, 0.15) is 0 Å². The summed E-state index contributed by atoms with van der Waals surface area (Å²) in [6.07, 6.45) is -2.11. The number of nitrogens with zero attached hydrogens (tertiary/aromatic N) is 2. The third kappa shape index (κ3) is 4.02. The lowest BCUT2D eigenvalue weighted by Gasteiger charge is -2.09. The van der Waals surface area contributed by atoms with Gasteiger partial charge in [-0.1, -0.05) is 0 Å². The summed E-state index contributed by atoms with van der Waals surface area (Å²) in [5.41, 5.74) is 5.35. The monoisotopic (exact) mass is 271 g/mol. The molecular formula is C11H8F3N3O2. The van der Waals surface area contributed by atoms with Crippen molar-refractivity contribution >= 4 is 5.82 Å². The summed E-state index contributed by atoms with van der Waals surface area (Å²) in [5, 5.41) is 0. The first-order valence-corrected chi connectivity index (χ1v) is 5.03. The van der Waals surface area contributed by atoms with E-state index in [1.54, 1.807) is 0 Å². The first-order chi connectivity index (χ1) is 8.92. The van der Waals surface area contributed by atoms with Crippen LogP contribution in [0.4, 0.5) is 19.0 Å². The summed E-state index contributed by atoms with van der Waals surface area (Å²) in [6, 6.07) is 4.90. The van der Waals surface area contributed by atoms with Crippen molar-refractivity contribution in [3.63, 3.8) is 0 Å². The molecule has 0 aliphatic heterocycles. The van der Waals surface area contributed by atoms with Crippen LogP contribution in [0, 0.1) is 0 Å². The topological polar surface area (TPSA) is 70.3 Å². The smallest absolute Gasteiger partial charge is 0.437 e. The maximum Gasteiger partial charge on any atom is 0.573 e. The van der Waals surface area contributed by atoms with Crippen LogP contribution >= 0.6 is 0 Å². The zero-order valence-corrected chi connectivity index (χ0v) is 9.39. The summed E-state index contributed by atoms with van der Waals surface area (Å²) < 4.78 is 44.8. The first-order valence-electron chi connectivity index (χ1n) is 5.03. The third-order valence-electron chi connectivity index (χ3n) is 1.93. The maximum absolute atomic E-state index is 11.9. The molecule has 0 amide bonds. The largest absolute Gasteiger partial charge is 0.573 e. The minimum Gasteiger partial charge on any atom is -0.437 e. The number of alkyl halides is 3. The molecule has 0 aliphatic rings.